The van der Waals surface area contributed by atoms with Crippen LogP contribution in [0.15, 0.2) is 11.6 Å². The lowest BCUT2D eigenvalue weighted by atomic mass is 10.2. The molecule has 0 aromatic carbocycles. The van der Waals surface area contributed by atoms with Gasteiger partial charge in [-0.2, -0.15) is 0 Å². The van der Waals surface area contributed by atoms with E-state index in [1.165, 1.54) is 0 Å². The first kappa shape index (κ1) is 11.6. The molecule has 0 saturated heterocycles. The summed E-state index contributed by atoms with van der Waals surface area (Å²) < 4.78 is 5.27. The van der Waals surface area contributed by atoms with E-state index in [0.29, 0.717) is 0 Å². The zero-order valence-electron chi connectivity index (χ0n) is 8.93. The second kappa shape index (κ2) is 3.52. The minimum absolute atomic E-state index is 0.0710. The standard InChI is InChI=1S/C9H20O2Si/c1-9(2,3)11-8(10)7-12(4,5)6/h7,10H,1-6H3/b8-7-. The van der Waals surface area contributed by atoms with Crippen molar-refractivity contribution in [2.45, 2.75) is 46.0 Å². The van der Waals surface area contributed by atoms with E-state index in [1.54, 1.807) is 0 Å². The maximum absolute atomic E-state index is 9.39. The largest absolute Gasteiger partial charge is 0.481 e. The second-order valence-corrected chi connectivity index (χ2v) is 10.1. The highest BCUT2D eigenvalue weighted by molar-refractivity contribution is 6.81. The molecule has 0 atom stereocenters. The van der Waals surface area contributed by atoms with Gasteiger partial charge < -0.3 is 9.84 Å². The number of aliphatic hydroxyl groups excluding tert-OH is 1. The van der Waals surface area contributed by atoms with Crippen LogP contribution in [0.4, 0.5) is 0 Å². The summed E-state index contributed by atoms with van der Waals surface area (Å²) in [5.41, 5.74) is 1.54. The van der Waals surface area contributed by atoms with Gasteiger partial charge in [0, 0.05) is 0 Å². The molecule has 0 saturated carbocycles. The molecule has 0 aliphatic rings. The van der Waals surface area contributed by atoms with E-state index in [2.05, 4.69) is 19.6 Å². The molecule has 0 aromatic heterocycles. The third-order valence-corrected chi connectivity index (χ3v) is 2.08. The van der Waals surface area contributed by atoms with Crippen LogP contribution in [0.5, 0.6) is 0 Å². The average Bonchev–Trinajstić information content (AvgIpc) is 1.49. The third-order valence-electron chi connectivity index (χ3n) is 0.967. The summed E-state index contributed by atoms with van der Waals surface area (Å²) >= 11 is 0. The van der Waals surface area contributed by atoms with Crippen molar-refractivity contribution in [3.63, 3.8) is 0 Å². The molecule has 0 heterocycles. The molecule has 3 heteroatoms. The van der Waals surface area contributed by atoms with Crippen molar-refractivity contribution in [2.75, 3.05) is 0 Å². The van der Waals surface area contributed by atoms with Gasteiger partial charge in [-0.1, -0.05) is 19.6 Å². The van der Waals surface area contributed by atoms with Crippen LogP contribution in [0.25, 0.3) is 0 Å². The zero-order chi connectivity index (χ0) is 9.99. The van der Waals surface area contributed by atoms with Gasteiger partial charge in [-0.05, 0) is 26.5 Å². The van der Waals surface area contributed by atoms with Crippen molar-refractivity contribution in [3.8, 4) is 0 Å². The Hall–Kier alpha value is -0.443. The van der Waals surface area contributed by atoms with E-state index in [4.69, 9.17) is 4.74 Å². The molecule has 1 N–H and O–H groups in total. The van der Waals surface area contributed by atoms with Gasteiger partial charge >= 0.3 is 0 Å². The summed E-state index contributed by atoms with van der Waals surface area (Å²) in [5, 5.41) is 9.39. The molecular weight excluding hydrogens is 168 g/mol. The third kappa shape index (κ3) is 7.66. The van der Waals surface area contributed by atoms with E-state index in [9.17, 15) is 5.11 Å². The Morgan fingerprint density at radius 1 is 1.25 bits per heavy atom. The van der Waals surface area contributed by atoms with Crippen LogP contribution in [-0.2, 0) is 4.74 Å². The predicted molar refractivity (Wildman–Crippen MR) is 54.9 cm³/mol. The Morgan fingerprint density at radius 2 is 1.67 bits per heavy atom. The molecule has 0 aromatic rings. The van der Waals surface area contributed by atoms with Crippen LogP contribution in [-0.4, -0.2) is 18.8 Å². The lowest BCUT2D eigenvalue weighted by Crippen LogP contribution is -2.22. The number of hydrogen-bond donors (Lipinski definition) is 1. The molecule has 0 bridgehead atoms. The first-order valence-electron chi connectivity index (χ1n) is 4.21. The van der Waals surface area contributed by atoms with Crippen LogP contribution in [0, 0.1) is 0 Å². The van der Waals surface area contributed by atoms with E-state index in [0.717, 1.165) is 0 Å². The fourth-order valence-electron chi connectivity index (χ4n) is 0.714. The Balaban J connectivity index is 4.23. The van der Waals surface area contributed by atoms with Gasteiger partial charge in [-0.15, -0.1) is 0 Å². The quantitative estimate of drug-likeness (QED) is 0.533. The summed E-state index contributed by atoms with van der Waals surface area (Å²) in [7, 11) is -1.36. The molecule has 0 aliphatic carbocycles. The summed E-state index contributed by atoms with van der Waals surface area (Å²) in [6.45, 7) is 12.2. The fourth-order valence-corrected chi connectivity index (χ4v) is 1.51. The maximum atomic E-state index is 9.39. The topological polar surface area (TPSA) is 29.5 Å². The summed E-state index contributed by atoms with van der Waals surface area (Å²) in [4.78, 5) is 0. The second-order valence-electron chi connectivity index (χ2n) is 5.06. The smallest absolute Gasteiger partial charge is 0.268 e. The molecule has 0 aliphatic heterocycles. The average molecular weight is 188 g/mol. The van der Waals surface area contributed by atoms with Crippen LogP contribution in [0.2, 0.25) is 19.6 Å². The molecule has 0 fully saturated rings. The Morgan fingerprint density at radius 3 is 1.92 bits per heavy atom. The molecule has 0 radical (unpaired) electrons. The predicted octanol–water partition coefficient (Wildman–Crippen LogP) is 3.08. The lowest BCUT2D eigenvalue weighted by Gasteiger charge is -2.21. The first-order chi connectivity index (χ1) is 5.10. The van der Waals surface area contributed by atoms with Crippen molar-refractivity contribution in [1.82, 2.24) is 0 Å². The molecule has 0 spiro atoms. The van der Waals surface area contributed by atoms with Gasteiger partial charge in [0.1, 0.15) is 5.60 Å². The molecule has 2 nitrogen and oxygen atoms in total. The van der Waals surface area contributed by atoms with Gasteiger partial charge in [0.2, 0.25) is 0 Å². The summed E-state index contributed by atoms with van der Waals surface area (Å²) in [5.74, 6) is 0.0710. The van der Waals surface area contributed by atoms with Gasteiger partial charge in [0.25, 0.3) is 5.95 Å². The van der Waals surface area contributed by atoms with Crippen LogP contribution >= 0.6 is 0 Å². The number of aliphatic hydroxyl groups is 1. The van der Waals surface area contributed by atoms with E-state index >= 15 is 0 Å². The Labute approximate surface area is 76.3 Å². The fraction of sp³-hybridized carbons (Fsp3) is 0.778. The SMILES string of the molecule is CC(C)(C)O/C(O)=C\[Si](C)(C)C. The molecule has 0 rings (SSSR count). The van der Waals surface area contributed by atoms with Crippen molar-refractivity contribution in [1.29, 1.82) is 0 Å². The van der Waals surface area contributed by atoms with Crippen LogP contribution < -0.4 is 0 Å². The van der Waals surface area contributed by atoms with Crippen molar-refractivity contribution in [2.24, 2.45) is 0 Å². The Kier molecular flexibility index (Phi) is 3.39. The normalized spacial score (nSPS) is 14.7. The summed E-state index contributed by atoms with van der Waals surface area (Å²) in [6.07, 6.45) is 0. The van der Waals surface area contributed by atoms with E-state index in [1.807, 2.05) is 26.5 Å². The maximum Gasteiger partial charge on any atom is 0.268 e. The molecule has 72 valence electrons. The van der Waals surface area contributed by atoms with Crippen molar-refractivity contribution < 1.29 is 9.84 Å². The highest BCUT2D eigenvalue weighted by atomic mass is 28.3. The highest BCUT2D eigenvalue weighted by Crippen LogP contribution is 2.14. The monoisotopic (exact) mass is 188 g/mol. The van der Waals surface area contributed by atoms with Gasteiger partial charge in [-0.25, -0.2) is 0 Å². The van der Waals surface area contributed by atoms with Gasteiger partial charge in [-0.3, -0.25) is 0 Å². The lowest BCUT2D eigenvalue weighted by molar-refractivity contribution is -0.0139. The highest BCUT2D eigenvalue weighted by Gasteiger charge is 2.16. The van der Waals surface area contributed by atoms with Gasteiger partial charge in [0.15, 0.2) is 0 Å². The minimum Gasteiger partial charge on any atom is -0.481 e. The van der Waals surface area contributed by atoms with Crippen molar-refractivity contribution >= 4 is 8.07 Å². The van der Waals surface area contributed by atoms with E-state index < -0.39 is 8.07 Å². The van der Waals surface area contributed by atoms with Crippen LogP contribution in [0.1, 0.15) is 20.8 Å². The molecule has 0 amide bonds. The molecule has 0 unspecified atom stereocenters. The number of ether oxygens (including phenoxy) is 1. The number of hydrogen-bond acceptors (Lipinski definition) is 2. The van der Waals surface area contributed by atoms with Crippen molar-refractivity contribution in [3.05, 3.63) is 11.6 Å². The molecule has 12 heavy (non-hydrogen) atoms. The first-order valence-corrected chi connectivity index (χ1v) is 7.79. The number of rotatable bonds is 2. The van der Waals surface area contributed by atoms with E-state index in [-0.39, 0.29) is 11.5 Å². The zero-order valence-corrected chi connectivity index (χ0v) is 9.93. The van der Waals surface area contributed by atoms with Gasteiger partial charge in [0.05, 0.1) is 8.07 Å². The minimum atomic E-state index is -1.36. The summed E-state index contributed by atoms with van der Waals surface area (Å²) in [6, 6.07) is 0. The molecular formula is C9H20O2Si. The Bertz CT molecular complexity index is 172. The van der Waals surface area contributed by atoms with Crippen LogP contribution in [0.3, 0.4) is 0 Å².